The van der Waals surface area contributed by atoms with Gasteiger partial charge >= 0.3 is 5.97 Å². The molecule has 5 rings (SSSR count). The first-order chi connectivity index (χ1) is 18.6. The lowest BCUT2D eigenvalue weighted by Gasteiger charge is -2.37. The van der Waals surface area contributed by atoms with Crippen LogP contribution in [0.4, 0.5) is 17.2 Å². The molecule has 0 radical (unpaired) electrons. The third kappa shape index (κ3) is 5.42. The maximum Gasteiger partial charge on any atom is 0.336 e. The van der Waals surface area contributed by atoms with E-state index < -0.39 is 16.0 Å². The number of carboxylic acid groups (broad SMARTS) is 1. The minimum Gasteiger partial charge on any atom is -0.478 e. The lowest BCUT2D eigenvalue weighted by Crippen LogP contribution is -2.46. The summed E-state index contributed by atoms with van der Waals surface area (Å²) in [7, 11) is -3.85. The van der Waals surface area contributed by atoms with Gasteiger partial charge in [0.15, 0.2) is 5.78 Å². The van der Waals surface area contributed by atoms with Gasteiger partial charge in [0.1, 0.15) is 5.82 Å². The summed E-state index contributed by atoms with van der Waals surface area (Å²) >= 11 is 0. The molecule has 0 atom stereocenters. The minimum atomic E-state index is -3.85. The van der Waals surface area contributed by atoms with Crippen molar-refractivity contribution in [1.82, 2.24) is 4.98 Å². The van der Waals surface area contributed by atoms with Crippen LogP contribution in [0.15, 0.2) is 77.7 Å². The number of Topliss-reactive ketones (excluding diaryl/α,β-unsaturated/α-hetero) is 1. The van der Waals surface area contributed by atoms with E-state index in [0.717, 1.165) is 5.69 Å². The molecule has 0 amide bonds. The maximum atomic E-state index is 12.9. The van der Waals surface area contributed by atoms with Crippen LogP contribution in [0.2, 0.25) is 0 Å². The molecule has 1 aliphatic rings. The molecular formula is C29H28N4O5S. The third-order valence-corrected chi connectivity index (χ3v) is 8.45. The molecular weight excluding hydrogens is 516 g/mol. The van der Waals surface area contributed by atoms with Gasteiger partial charge in [0.25, 0.3) is 10.0 Å². The number of carboxylic acids is 1. The van der Waals surface area contributed by atoms with Crippen LogP contribution in [0, 0.1) is 6.92 Å². The van der Waals surface area contributed by atoms with E-state index in [1.165, 1.54) is 12.1 Å². The molecule has 1 saturated heterocycles. The summed E-state index contributed by atoms with van der Waals surface area (Å²) in [5.74, 6) is -0.537. The standard InChI is InChI=1S/C29H28N4O5S/c1-19-5-3-4-6-27(19)39(37,38)31-22-9-12-26-24(17-22)25(29(35)36)18-28(30-26)33-15-13-32(14-16-33)23-10-7-21(8-11-23)20(2)34/h3-12,17-18,31H,13-16H2,1-2H3,(H,35,36). The number of rotatable bonds is 7. The average molecular weight is 545 g/mol. The Labute approximate surface area is 226 Å². The van der Waals surface area contributed by atoms with Gasteiger partial charge in [0.05, 0.1) is 16.0 Å². The first-order valence-corrected chi connectivity index (χ1v) is 14.0. The molecule has 39 heavy (non-hydrogen) atoms. The summed E-state index contributed by atoms with van der Waals surface area (Å²) in [5.41, 5.74) is 3.08. The minimum absolute atomic E-state index is 0.0267. The van der Waals surface area contributed by atoms with Crippen LogP contribution in [0.25, 0.3) is 10.9 Å². The van der Waals surface area contributed by atoms with Gasteiger partial charge in [-0.1, -0.05) is 18.2 Å². The molecule has 1 aromatic heterocycles. The van der Waals surface area contributed by atoms with Crippen LogP contribution in [0.1, 0.15) is 33.2 Å². The normalized spacial score (nSPS) is 13.9. The molecule has 200 valence electrons. The smallest absolute Gasteiger partial charge is 0.336 e. The van der Waals surface area contributed by atoms with E-state index >= 15 is 0 Å². The van der Waals surface area contributed by atoms with E-state index in [0.29, 0.717) is 54.0 Å². The number of ketones is 1. The zero-order valence-electron chi connectivity index (χ0n) is 21.6. The van der Waals surface area contributed by atoms with Crippen LogP contribution in [-0.4, -0.2) is 56.4 Å². The molecule has 1 fully saturated rings. The molecule has 10 heteroatoms. The van der Waals surface area contributed by atoms with E-state index in [9.17, 15) is 23.1 Å². The lowest BCUT2D eigenvalue weighted by molar-refractivity contribution is 0.0698. The van der Waals surface area contributed by atoms with Crippen LogP contribution in [0.3, 0.4) is 0 Å². The highest BCUT2D eigenvalue weighted by Gasteiger charge is 2.22. The Morgan fingerprint density at radius 1 is 0.897 bits per heavy atom. The monoisotopic (exact) mass is 544 g/mol. The molecule has 0 bridgehead atoms. The van der Waals surface area contributed by atoms with Crippen molar-refractivity contribution in [3.63, 3.8) is 0 Å². The fourth-order valence-corrected chi connectivity index (χ4v) is 6.08. The number of pyridine rings is 1. The Morgan fingerprint density at radius 3 is 2.21 bits per heavy atom. The Bertz CT molecular complexity index is 1680. The SMILES string of the molecule is CC(=O)c1ccc(N2CCN(c3cc(C(=O)O)c4cc(NS(=O)(=O)c5ccccc5C)ccc4n3)CC2)cc1. The number of aromatic carboxylic acids is 1. The summed E-state index contributed by atoms with van der Waals surface area (Å²) < 4.78 is 28.4. The number of aromatic nitrogens is 1. The number of anilines is 3. The van der Waals surface area contributed by atoms with E-state index in [1.807, 2.05) is 29.2 Å². The van der Waals surface area contributed by atoms with Crippen molar-refractivity contribution in [3.8, 4) is 0 Å². The number of benzene rings is 3. The van der Waals surface area contributed by atoms with Crippen molar-refractivity contribution in [2.45, 2.75) is 18.7 Å². The predicted octanol–water partition coefficient (Wildman–Crippen LogP) is 4.57. The molecule has 1 aliphatic heterocycles. The van der Waals surface area contributed by atoms with Crippen LogP contribution in [0.5, 0.6) is 0 Å². The second kappa shape index (κ2) is 10.4. The molecule has 4 aromatic rings. The number of fused-ring (bicyclic) bond motifs is 1. The van der Waals surface area contributed by atoms with E-state index in [1.54, 1.807) is 50.2 Å². The number of carbonyl (C=O) groups is 2. The zero-order chi connectivity index (χ0) is 27.7. The van der Waals surface area contributed by atoms with Crippen LogP contribution in [-0.2, 0) is 10.0 Å². The topological polar surface area (TPSA) is 120 Å². The Morgan fingerprint density at radius 2 is 1.56 bits per heavy atom. The van der Waals surface area contributed by atoms with Crippen LogP contribution >= 0.6 is 0 Å². The summed E-state index contributed by atoms with van der Waals surface area (Å²) in [5, 5.41) is 10.3. The van der Waals surface area contributed by atoms with E-state index in [2.05, 4.69) is 9.62 Å². The van der Waals surface area contributed by atoms with Gasteiger partial charge in [0.2, 0.25) is 0 Å². The molecule has 2 N–H and O–H groups in total. The average Bonchev–Trinajstić information content (AvgIpc) is 2.92. The number of nitrogens with zero attached hydrogens (tertiary/aromatic N) is 3. The Hall–Kier alpha value is -4.44. The van der Waals surface area contributed by atoms with Gasteiger partial charge in [0, 0.05) is 48.5 Å². The maximum absolute atomic E-state index is 12.9. The fourth-order valence-electron chi connectivity index (χ4n) is 4.78. The highest BCUT2D eigenvalue weighted by Crippen LogP contribution is 2.29. The highest BCUT2D eigenvalue weighted by atomic mass is 32.2. The number of sulfonamides is 1. The summed E-state index contributed by atoms with van der Waals surface area (Å²) in [4.78, 5) is 32.9. The molecule has 3 aromatic carbocycles. The largest absolute Gasteiger partial charge is 0.478 e. The van der Waals surface area contributed by atoms with E-state index in [-0.39, 0.29) is 21.9 Å². The summed E-state index contributed by atoms with van der Waals surface area (Å²) in [6.45, 7) is 5.95. The number of nitrogens with one attached hydrogen (secondary N) is 1. The molecule has 2 heterocycles. The first-order valence-electron chi connectivity index (χ1n) is 12.5. The number of carbonyl (C=O) groups excluding carboxylic acids is 1. The lowest BCUT2D eigenvalue weighted by atomic mass is 10.1. The number of piperazine rings is 1. The molecule has 0 unspecified atom stereocenters. The van der Waals surface area contributed by atoms with Gasteiger partial charge in [-0.05, 0) is 74.0 Å². The molecule has 9 nitrogen and oxygen atoms in total. The van der Waals surface area contributed by atoms with Crippen molar-refractivity contribution < 1.29 is 23.1 Å². The first kappa shape index (κ1) is 26.2. The summed E-state index contributed by atoms with van der Waals surface area (Å²) in [6, 6.07) is 20.4. The van der Waals surface area contributed by atoms with Crippen molar-refractivity contribution in [2.24, 2.45) is 0 Å². The fraction of sp³-hybridized carbons (Fsp3) is 0.207. The Kier molecular flexibility index (Phi) is 6.96. The van der Waals surface area contributed by atoms with Gasteiger partial charge in [-0.2, -0.15) is 0 Å². The molecule has 0 aliphatic carbocycles. The van der Waals surface area contributed by atoms with Gasteiger partial charge in [-0.3, -0.25) is 9.52 Å². The van der Waals surface area contributed by atoms with Gasteiger partial charge in [-0.25, -0.2) is 18.2 Å². The van der Waals surface area contributed by atoms with Crippen LogP contribution < -0.4 is 14.5 Å². The van der Waals surface area contributed by atoms with Crippen molar-refractivity contribution in [1.29, 1.82) is 0 Å². The van der Waals surface area contributed by atoms with Crippen molar-refractivity contribution in [3.05, 3.63) is 89.5 Å². The third-order valence-electron chi connectivity index (χ3n) is 6.90. The molecule has 0 spiro atoms. The number of aryl methyl sites for hydroxylation is 1. The zero-order valence-corrected chi connectivity index (χ0v) is 22.4. The van der Waals surface area contributed by atoms with Crippen molar-refractivity contribution >= 4 is 49.9 Å². The number of hydrogen-bond acceptors (Lipinski definition) is 7. The van der Waals surface area contributed by atoms with Crippen molar-refractivity contribution in [2.75, 3.05) is 40.7 Å². The molecule has 0 saturated carbocycles. The number of hydrogen-bond donors (Lipinski definition) is 2. The predicted molar refractivity (Wildman–Crippen MR) is 152 cm³/mol. The van der Waals surface area contributed by atoms with E-state index in [4.69, 9.17) is 4.98 Å². The highest BCUT2D eigenvalue weighted by molar-refractivity contribution is 7.92. The second-order valence-electron chi connectivity index (χ2n) is 9.51. The second-order valence-corrected chi connectivity index (χ2v) is 11.2. The van der Waals surface area contributed by atoms with Gasteiger partial charge < -0.3 is 14.9 Å². The summed E-state index contributed by atoms with van der Waals surface area (Å²) in [6.07, 6.45) is 0. The Balaban J connectivity index is 1.38. The van der Waals surface area contributed by atoms with Gasteiger partial charge in [-0.15, -0.1) is 0 Å². The quantitative estimate of drug-likeness (QED) is 0.325.